The molecule has 4 heteroatoms. The van der Waals surface area contributed by atoms with Crippen molar-refractivity contribution in [1.29, 1.82) is 0 Å². The van der Waals surface area contributed by atoms with Crippen molar-refractivity contribution < 1.29 is 9.21 Å². The van der Waals surface area contributed by atoms with Crippen molar-refractivity contribution in [2.45, 2.75) is 13.5 Å². The number of hydrogen-bond acceptors (Lipinski definition) is 2. The maximum absolute atomic E-state index is 11.8. The van der Waals surface area contributed by atoms with Gasteiger partial charge in [0.05, 0.1) is 12.8 Å². The first-order chi connectivity index (χ1) is 7.68. The fourth-order valence-corrected chi connectivity index (χ4v) is 1.51. The maximum atomic E-state index is 11.8. The molecule has 0 aliphatic rings. The molecule has 0 aliphatic heterocycles. The molecular weight excluding hydrogens is 204 g/mol. The van der Waals surface area contributed by atoms with Gasteiger partial charge in [0.2, 0.25) is 0 Å². The molecule has 0 bridgehead atoms. The van der Waals surface area contributed by atoms with Crippen LogP contribution in [0.2, 0.25) is 0 Å². The van der Waals surface area contributed by atoms with Crippen molar-refractivity contribution >= 4 is 5.91 Å². The minimum Gasteiger partial charge on any atom is -0.467 e. The van der Waals surface area contributed by atoms with Gasteiger partial charge >= 0.3 is 0 Å². The van der Waals surface area contributed by atoms with E-state index in [1.54, 1.807) is 12.3 Å². The number of aryl methyl sites for hydroxylation is 1. The van der Waals surface area contributed by atoms with Crippen LogP contribution in [0.5, 0.6) is 0 Å². The minimum atomic E-state index is -0.0907. The van der Waals surface area contributed by atoms with Gasteiger partial charge in [0.1, 0.15) is 11.5 Å². The molecule has 0 atom stereocenters. The lowest BCUT2D eigenvalue weighted by atomic mass is 10.4. The second-order valence-corrected chi connectivity index (χ2v) is 3.68. The molecule has 0 aliphatic carbocycles. The van der Waals surface area contributed by atoms with E-state index >= 15 is 0 Å². The lowest BCUT2D eigenvalue weighted by Gasteiger charge is -2.05. The smallest absolute Gasteiger partial charge is 0.268 e. The van der Waals surface area contributed by atoms with Crippen LogP contribution in [0.3, 0.4) is 0 Å². The van der Waals surface area contributed by atoms with Gasteiger partial charge in [0, 0.05) is 12.7 Å². The van der Waals surface area contributed by atoms with Crippen LogP contribution < -0.4 is 5.32 Å². The van der Waals surface area contributed by atoms with Crippen molar-refractivity contribution in [3.63, 3.8) is 0 Å². The van der Waals surface area contributed by atoms with E-state index in [0.29, 0.717) is 12.2 Å². The number of amides is 1. The molecule has 16 heavy (non-hydrogen) atoms. The standard InChI is InChI=1S/C12H14N2O2/c1-9-5-6-11(14(9)2)12(15)13-8-10-4-3-7-16-10/h3-7H,8H2,1-2H3,(H,13,15). The lowest BCUT2D eigenvalue weighted by Crippen LogP contribution is -2.24. The number of carbonyl (C=O) groups is 1. The van der Waals surface area contributed by atoms with Gasteiger partial charge in [0.15, 0.2) is 0 Å². The Bertz CT molecular complexity index is 483. The first-order valence-corrected chi connectivity index (χ1v) is 5.11. The van der Waals surface area contributed by atoms with Crippen molar-refractivity contribution in [2.24, 2.45) is 7.05 Å². The van der Waals surface area contributed by atoms with Crippen molar-refractivity contribution in [2.75, 3.05) is 0 Å². The summed E-state index contributed by atoms with van der Waals surface area (Å²) in [5.41, 5.74) is 1.72. The molecule has 1 N–H and O–H groups in total. The molecule has 0 saturated heterocycles. The predicted molar refractivity (Wildman–Crippen MR) is 60.0 cm³/mol. The summed E-state index contributed by atoms with van der Waals surface area (Å²) in [4.78, 5) is 11.8. The maximum Gasteiger partial charge on any atom is 0.268 e. The van der Waals surface area contributed by atoms with E-state index in [0.717, 1.165) is 11.5 Å². The van der Waals surface area contributed by atoms with Gasteiger partial charge < -0.3 is 14.3 Å². The minimum absolute atomic E-state index is 0.0907. The lowest BCUT2D eigenvalue weighted by molar-refractivity contribution is 0.0939. The highest BCUT2D eigenvalue weighted by molar-refractivity contribution is 5.92. The van der Waals surface area contributed by atoms with E-state index in [1.807, 2.05) is 36.7 Å². The number of rotatable bonds is 3. The van der Waals surface area contributed by atoms with Crippen LogP contribution in [0.4, 0.5) is 0 Å². The summed E-state index contributed by atoms with van der Waals surface area (Å²) in [7, 11) is 1.87. The molecule has 0 saturated carbocycles. The third-order valence-corrected chi connectivity index (χ3v) is 2.61. The van der Waals surface area contributed by atoms with Gasteiger partial charge in [-0.2, -0.15) is 0 Å². The number of furan rings is 1. The highest BCUT2D eigenvalue weighted by Crippen LogP contribution is 2.06. The number of hydrogen-bond donors (Lipinski definition) is 1. The summed E-state index contributed by atoms with van der Waals surface area (Å²) in [5.74, 6) is 0.659. The van der Waals surface area contributed by atoms with Gasteiger partial charge in [-0.25, -0.2) is 0 Å². The topological polar surface area (TPSA) is 47.2 Å². The highest BCUT2D eigenvalue weighted by atomic mass is 16.3. The van der Waals surface area contributed by atoms with Gasteiger partial charge in [-0.3, -0.25) is 4.79 Å². The predicted octanol–water partition coefficient (Wildman–Crippen LogP) is 1.86. The Morgan fingerprint density at radius 2 is 2.25 bits per heavy atom. The Hall–Kier alpha value is -1.97. The molecule has 4 nitrogen and oxygen atoms in total. The summed E-state index contributed by atoms with van der Waals surface area (Å²) in [5, 5.41) is 2.80. The number of carbonyl (C=O) groups excluding carboxylic acids is 1. The number of aromatic nitrogens is 1. The Labute approximate surface area is 93.9 Å². The average Bonchev–Trinajstić information content (AvgIpc) is 2.88. The van der Waals surface area contributed by atoms with Crippen LogP contribution >= 0.6 is 0 Å². The summed E-state index contributed by atoms with van der Waals surface area (Å²) < 4.78 is 6.99. The van der Waals surface area contributed by atoms with Crippen molar-refractivity contribution in [3.05, 3.63) is 47.7 Å². The number of nitrogens with one attached hydrogen (secondary N) is 1. The molecule has 0 unspecified atom stereocenters. The molecule has 1 amide bonds. The Balaban J connectivity index is 2.01. The van der Waals surface area contributed by atoms with Crippen molar-refractivity contribution in [1.82, 2.24) is 9.88 Å². The second kappa shape index (κ2) is 4.26. The third-order valence-electron chi connectivity index (χ3n) is 2.61. The van der Waals surface area contributed by atoms with Crippen LogP contribution in [-0.4, -0.2) is 10.5 Å². The summed E-state index contributed by atoms with van der Waals surface area (Å²) in [6.45, 7) is 2.37. The molecule has 2 rings (SSSR count). The van der Waals surface area contributed by atoms with Gasteiger partial charge in [-0.05, 0) is 31.2 Å². The van der Waals surface area contributed by atoms with Crippen LogP contribution in [-0.2, 0) is 13.6 Å². The summed E-state index contributed by atoms with van der Waals surface area (Å²) >= 11 is 0. The largest absolute Gasteiger partial charge is 0.467 e. The summed E-state index contributed by atoms with van der Waals surface area (Å²) in [6, 6.07) is 7.36. The fourth-order valence-electron chi connectivity index (χ4n) is 1.51. The van der Waals surface area contributed by atoms with E-state index in [4.69, 9.17) is 4.42 Å². The first-order valence-electron chi connectivity index (χ1n) is 5.11. The Kier molecular flexibility index (Phi) is 2.81. The fraction of sp³-hybridized carbons (Fsp3) is 0.250. The van der Waals surface area contributed by atoms with Gasteiger partial charge in [-0.15, -0.1) is 0 Å². The number of nitrogens with zero attached hydrogens (tertiary/aromatic N) is 1. The Morgan fingerprint density at radius 1 is 1.44 bits per heavy atom. The Morgan fingerprint density at radius 3 is 2.81 bits per heavy atom. The quantitative estimate of drug-likeness (QED) is 0.854. The molecule has 2 aromatic rings. The zero-order valence-electron chi connectivity index (χ0n) is 9.36. The van der Waals surface area contributed by atoms with E-state index in [-0.39, 0.29) is 5.91 Å². The van der Waals surface area contributed by atoms with E-state index < -0.39 is 0 Å². The molecule has 84 valence electrons. The monoisotopic (exact) mass is 218 g/mol. The van der Waals surface area contributed by atoms with E-state index in [2.05, 4.69) is 5.32 Å². The SMILES string of the molecule is Cc1ccc(C(=O)NCc2ccco2)n1C. The average molecular weight is 218 g/mol. The van der Waals surface area contributed by atoms with E-state index in [9.17, 15) is 4.79 Å². The molecule has 0 aromatic carbocycles. The van der Waals surface area contributed by atoms with Crippen LogP contribution in [0.15, 0.2) is 34.9 Å². The zero-order chi connectivity index (χ0) is 11.5. The molecule has 2 aromatic heterocycles. The molecule has 0 fully saturated rings. The van der Waals surface area contributed by atoms with Gasteiger partial charge in [-0.1, -0.05) is 0 Å². The van der Waals surface area contributed by atoms with Crippen LogP contribution in [0.25, 0.3) is 0 Å². The normalized spacial score (nSPS) is 10.4. The second-order valence-electron chi connectivity index (χ2n) is 3.68. The van der Waals surface area contributed by atoms with Gasteiger partial charge in [0.25, 0.3) is 5.91 Å². The van der Waals surface area contributed by atoms with E-state index in [1.165, 1.54) is 0 Å². The zero-order valence-corrected chi connectivity index (χ0v) is 9.36. The highest BCUT2D eigenvalue weighted by Gasteiger charge is 2.10. The first kappa shape index (κ1) is 10.5. The molecular formula is C12H14N2O2. The van der Waals surface area contributed by atoms with Crippen molar-refractivity contribution in [3.8, 4) is 0 Å². The summed E-state index contributed by atoms with van der Waals surface area (Å²) in [6.07, 6.45) is 1.59. The van der Waals surface area contributed by atoms with Crippen LogP contribution in [0, 0.1) is 6.92 Å². The molecule has 0 radical (unpaired) electrons. The molecule has 2 heterocycles. The van der Waals surface area contributed by atoms with Crippen LogP contribution in [0.1, 0.15) is 21.9 Å². The molecule has 0 spiro atoms. The third kappa shape index (κ3) is 2.00.